The number of nitriles is 1. The first-order valence-corrected chi connectivity index (χ1v) is 12.0. The molecule has 2 atom stereocenters. The number of rotatable bonds is 7. The van der Waals surface area contributed by atoms with Gasteiger partial charge in [-0.1, -0.05) is 47.5 Å². The molecule has 4 rings (SSSR count). The smallest absolute Gasteiger partial charge is 0.121 e. The zero-order valence-corrected chi connectivity index (χ0v) is 20.5. The number of halogens is 2. The van der Waals surface area contributed by atoms with Crippen LogP contribution >= 0.6 is 23.2 Å². The maximum absolute atomic E-state index is 9.48. The summed E-state index contributed by atoms with van der Waals surface area (Å²) in [6, 6.07) is 23.7. The largest absolute Gasteiger partial charge is 0.491 e. The monoisotopic (exact) mass is 495 g/mol. The van der Waals surface area contributed by atoms with Crippen LogP contribution in [0.25, 0.3) is 0 Å². The fourth-order valence-electron chi connectivity index (χ4n) is 4.21. The lowest BCUT2D eigenvalue weighted by Gasteiger charge is -2.43. The first kappa shape index (κ1) is 24.4. The molecule has 3 aromatic carbocycles. The van der Waals surface area contributed by atoms with Crippen LogP contribution in [0.2, 0.25) is 10.0 Å². The van der Waals surface area contributed by atoms with Gasteiger partial charge in [0.1, 0.15) is 12.4 Å². The molecule has 1 heterocycles. The zero-order valence-electron chi connectivity index (χ0n) is 19.0. The van der Waals surface area contributed by atoms with E-state index in [1.165, 1.54) is 11.1 Å². The molecule has 0 aliphatic carbocycles. The molecule has 0 radical (unpaired) electrons. The lowest BCUT2D eigenvalue weighted by molar-refractivity contribution is 0.123. The molecule has 0 spiro atoms. The Balaban J connectivity index is 1.57. The third-order valence-corrected chi connectivity index (χ3v) is 6.48. The van der Waals surface area contributed by atoms with Gasteiger partial charge in [0.15, 0.2) is 0 Å². The lowest BCUT2D eigenvalue weighted by atomic mass is 10.0. The Hall–Kier alpha value is -2.75. The molecule has 1 aliphatic rings. The molecule has 176 valence electrons. The molecule has 5 nitrogen and oxygen atoms in total. The number of nitrogens with zero attached hydrogens (tertiary/aromatic N) is 3. The highest BCUT2D eigenvalue weighted by molar-refractivity contribution is 6.33. The summed E-state index contributed by atoms with van der Waals surface area (Å²) in [5.41, 5.74) is 3.96. The average Bonchev–Trinajstić information content (AvgIpc) is 2.84. The van der Waals surface area contributed by atoms with Gasteiger partial charge in [-0.05, 0) is 54.4 Å². The lowest BCUT2D eigenvalue weighted by Crippen LogP contribution is -2.48. The second kappa shape index (κ2) is 11.1. The maximum atomic E-state index is 9.48. The first-order valence-electron chi connectivity index (χ1n) is 11.3. The Kier molecular flexibility index (Phi) is 7.97. The van der Waals surface area contributed by atoms with Gasteiger partial charge in [-0.15, -0.1) is 0 Å². The van der Waals surface area contributed by atoms with Crippen molar-refractivity contribution in [2.75, 3.05) is 31.1 Å². The zero-order chi connectivity index (χ0) is 24.1. The molecule has 0 saturated carbocycles. The predicted octanol–water partition coefficient (Wildman–Crippen LogP) is 5.69. The minimum absolute atomic E-state index is 0.0890. The minimum Gasteiger partial charge on any atom is -0.491 e. The Morgan fingerprint density at radius 2 is 1.79 bits per heavy atom. The van der Waals surface area contributed by atoms with Gasteiger partial charge >= 0.3 is 0 Å². The molecule has 1 fully saturated rings. The number of benzene rings is 3. The van der Waals surface area contributed by atoms with E-state index in [2.05, 4.69) is 28.0 Å². The van der Waals surface area contributed by atoms with Crippen molar-refractivity contribution < 1.29 is 9.84 Å². The maximum Gasteiger partial charge on any atom is 0.121 e. The summed E-state index contributed by atoms with van der Waals surface area (Å²) >= 11 is 12.9. The highest BCUT2D eigenvalue weighted by Crippen LogP contribution is 2.37. The van der Waals surface area contributed by atoms with Crippen molar-refractivity contribution in [3.05, 3.63) is 93.5 Å². The fourth-order valence-corrected chi connectivity index (χ4v) is 4.62. The Labute approximate surface area is 210 Å². The predicted molar refractivity (Wildman–Crippen MR) is 137 cm³/mol. The topological polar surface area (TPSA) is 59.7 Å². The van der Waals surface area contributed by atoms with E-state index >= 15 is 0 Å². The molecule has 3 aromatic rings. The van der Waals surface area contributed by atoms with Crippen LogP contribution in [0.3, 0.4) is 0 Å². The summed E-state index contributed by atoms with van der Waals surface area (Å²) in [6.07, 6.45) is -0.545. The van der Waals surface area contributed by atoms with Crippen molar-refractivity contribution in [3.63, 3.8) is 0 Å². The third kappa shape index (κ3) is 6.02. The quantitative estimate of drug-likeness (QED) is 0.456. The molecule has 1 saturated heterocycles. The SMILES string of the molecule is C[C@H](O)COc1ccc(N2CCN(Cc3ccc(C#N)cc3)C[C@H]2c2ccc(Cl)cc2)c(Cl)c1. The Morgan fingerprint density at radius 1 is 1.06 bits per heavy atom. The van der Waals surface area contributed by atoms with E-state index in [9.17, 15) is 5.11 Å². The summed E-state index contributed by atoms with van der Waals surface area (Å²) in [5.74, 6) is 0.636. The number of hydrogen-bond donors (Lipinski definition) is 1. The van der Waals surface area contributed by atoms with Crippen molar-refractivity contribution in [3.8, 4) is 11.8 Å². The van der Waals surface area contributed by atoms with Crippen LogP contribution in [-0.2, 0) is 6.54 Å². The molecule has 1 N–H and O–H groups in total. The molecule has 34 heavy (non-hydrogen) atoms. The van der Waals surface area contributed by atoms with Crippen molar-refractivity contribution in [2.24, 2.45) is 0 Å². The van der Waals surface area contributed by atoms with Crippen LogP contribution < -0.4 is 9.64 Å². The summed E-state index contributed by atoms with van der Waals surface area (Å²) in [5, 5.41) is 19.9. The number of piperazine rings is 1. The van der Waals surface area contributed by atoms with Gasteiger partial charge < -0.3 is 14.7 Å². The molecule has 7 heteroatoms. The molecule has 0 aromatic heterocycles. The van der Waals surface area contributed by atoms with E-state index in [1.807, 2.05) is 48.5 Å². The second-order valence-electron chi connectivity index (χ2n) is 8.58. The van der Waals surface area contributed by atoms with Gasteiger partial charge in [0, 0.05) is 37.3 Å². The molecular formula is C27H27Cl2N3O2. The summed E-state index contributed by atoms with van der Waals surface area (Å²) in [6.45, 7) is 5.21. The fraction of sp³-hybridized carbons (Fsp3) is 0.296. The Morgan fingerprint density at radius 3 is 2.44 bits per heavy atom. The van der Waals surface area contributed by atoms with E-state index < -0.39 is 6.10 Å². The standard InChI is InChI=1S/C27H27Cl2N3O2/c1-19(33)18-34-24-10-11-26(25(29)14-24)32-13-12-31(16-21-4-2-20(15-30)3-5-21)17-27(32)22-6-8-23(28)9-7-22/h2-11,14,19,27,33H,12-13,16-18H2,1H3/t19-,27-/m0/s1. The van der Waals surface area contributed by atoms with E-state index in [4.69, 9.17) is 33.2 Å². The van der Waals surface area contributed by atoms with Gasteiger partial charge in [-0.2, -0.15) is 5.26 Å². The minimum atomic E-state index is -0.545. The van der Waals surface area contributed by atoms with Gasteiger partial charge in [0.2, 0.25) is 0 Å². The van der Waals surface area contributed by atoms with Gasteiger partial charge in [-0.25, -0.2) is 0 Å². The van der Waals surface area contributed by atoms with Crippen LogP contribution in [0.15, 0.2) is 66.7 Å². The molecular weight excluding hydrogens is 469 g/mol. The van der Waals surface area contributed by atoms with E-state index in [0.717, 1.165) is 31.9 Å². The van der Waals surface area contributed by atoms with Crippen molar-refractivity contribution in [2.45, 2.75) is 25.6 Å². The number of aliphatic hydroxyl groups excluding tert-OH is 1. The number of aliphatic hydroxyl groups is 1. The van der Waals surface area contributed by atoms with Crippen molar-refractivity contribution in [1.29, 1.82) is 5.26 Å². The normalized spacial score (nSPS) is 17.3. The second-order valence-corrected chi connectivity index (χ2v) is 9.42. The van der Waals surface area contributed by atoms with Crippen LogP contribution in [-0.4, -0.2) is 42.4 Å². The Bertz CT molecular complexity index is 1140. The van der Waals surface area contributed by atoms with Gasteiger partial charge in [0.05, 0.1) is 34.5 Å². The number of ether oxygens (including phenoxy) is 1. The van der Waals surface area contributed by atoms with Gasteiger partial charge in [0.25, 0.3) is 0 Å². The number of hydrogen-bond acceptors (Lipinski definition) is 5. The highest BCUT2D eigenvalue weighted by Gasteiger charge is 2.30. The summed E-state index contributed by atoms with van der Waals surface area (Å²) in [4.78, 5) is 4.75. The van der Waals surface area contributed by atoms with E-state index in [0.29, 0.717) is 21.4 Å². The molecule has 0 amide bonds. The molecule has 1 aliphatic heterocycles. The van der Waals surface area contributed by atoms with E-state index in [1.54, 1.807) is 13.0 Å². The van der Waals surface area contributed by atoms with Crippen LogP contribution in [0.4, 0.5) is 5.69 Å². The first-order chi connectivity index (χ1) is 16.4. The van der Waals surface area contributed by atoms with Crippen molar-refractivity contribution in [1.82, 2.24) is 4.90 Å². The highest BCUT2D eigenvalue weighted by atomic mass is 35.5. The van der Waals surface area contributed by atoms with Crippen LogP contribution in [0, 0.1) is 11.3 Å². The number of anilines is 1. The van der Waals surface area contributed by atoms with Gasteiger partial charge in [-0.3, -0.25) is 4.90 Å². The third-order valence-electron chi connectivity index (χ3n) is 5.93. The molecule has 0 bridgehead atoms. The van der Waals surface area contributed by atoms with E-state index in [-0.39, 0.29) is 12.6 Å². The molecule has 0 unspecified atom stereocenters. The van der Waals surface area contributed by atoms with Crippen LogP contribution in [0.5, 0.6) is 5.75 Å². The summed E-state index contributed by atoms with van der Waals surface area (Å²) < 4.78 is 5.62. The van der Waals surface area contributed by atoms with Crippen LogP contribution in [0.1, 0.15) is 29.7 Å². The summed E-state index contributed by atoms with van der Waals surface area (Å²) in [7, 11) is 0. The average molecular weight is 496 g/mol. The van der Waals surface area contributed by atoms with Crippen molar-refractivity contribution >= 4 is 28.9 Å².